The third kappa shape index (κ3) is 1.31. The number of fused-ring (bicyclic) bond motifs is 1. The zero-order chi connectivity index (χ0) is 8.67. The molecule has 2 aliphatic rings. The van der Waals surface area contributed by atoms with Crippen LogP contribution in [0.1, 0.15) is 12.0 Å². The van der Waals surface area contributed by atoms with Crippen LogP contribution in [0.15, 0.2) is 24.3 Å². The molecule has 0 radical (unpaired) electrons. The predicted octanol–water partition coefficient (Wildman–Crippen LogP) is 1.78. The van der Waals surface area contributed by atoms with Crippen LogP contribution in [0, 0.1) is 0 Å². The molecule has 3 rings (SSSR count). The number of ether oxygens (including phenoxy) is 2. The number of benzene rings is 1. The minimum Gasteiger partial charge on any atom is -0.487 e. The van der Waals surface area contributed by atoms with Gasteiger partial charge in [0.25, 0.3) is 0 Å². The van der Waals surface area contributed by atoms with Gasteiger partial charge in [-0.15, -0.1) is 0 Å². The van der Waals surface area contributed by atoms with Crippen LogP contribution >= 0.6 is 0 Å². The van der Waals surface area contributed by atoms with Gasteiger partial charge in [-0.25, -0.2) is 0 Å². The maximum absolute atomic E-state index is 5.83. The largest absolute Gasteiger partial charge is 0.487 e. The van der Waals surface area contributed by atoms with Gasteiger partial charge in [0, 0.05) is 0 Å². The van der Waals surface area contributed by atoms with Crippen molar-refractivity contribution in [1.82, 2.24) is 0 Å². The van der Waals surface area contributed by atoms with E-state index < -0.39 is 0 Å². The molecule has 0 amide bonds. The summed E-state index contributed by atoms with van der Waals surface area (Å²) in [6, 6.07) is 8.27. The summed E-state index contributed by atoms with van der Waals surface area (Å²) in [6.07, 6.45) is 2.89. The minimum absolute atomic E-state index is 0.301. The molecule has 2 heteroatoms. The Bertz CT molecular complexity index is 318. The molecule has 13 heavy (non-hydrogen) atoms. The molecule has 0 unspecified atom stereocenters. The van der Waals surface area contributed by atoms with Gasteiger partial charge in [0.05, 0.1) is 6.61 Å². The third-order valence-electron chi connectivity index (χ3n) is 2.72. The molecule has 1 fully saturated rings. The minimum atomic E-state index is 0.301. The van der Waals surface area contributed by atoms with E-state index in [-0.39, 0.29) is 0 Å². The Hall–Kier alpha value is -1.02. The maximum Gasteiger partial charge on any atom is 0.127 e. The number of epoxide rings is 1. The highest BCUT2D eigenvalue weighted by atomic mass is 16.6. The number of hydrogen-bond donors (Lipinski definition) is 0. The van der Waals surface area contributed by atoms with E-state index in [0.29, 0.717) is 12.2 Å². The second-order valence-electron chi connectivity index (χ2n) is 3.67. The Labute approximate surface area is 77.5 Å². The van der Waals surface area contributed by atoms with Crippen LogP contribution in [-0.4, -0.2) is 18.8 Å². The van der Waals surface area contributed by atoms with Gasteiger partial charge in [-0.05, 0) is 24.5 Å². The average Bonchev–Trinajstić information content (AvgIpc) is 3.00. The van der Waals surface area contributed by atoms with Crippen molar-refractivity contribution in [1.29, 1.82) is 0 Å². The maximum atomic E-state index is 5.83. The molecule has 0 bridgehead atoms. The fourth-order valence-electron chi connectivity index (χ4n) is 1.88. The van der Waals surface area contributed by atoms with Crippen LogP contribution in [0.3, 0.4) is 0 Å². The molecule has 0 N–H and O–H groups in total. The monoisotopic (exact) mass is 176 g/mol. The molecular formula is C11H12O2. The third-order valence-corrected chi connectivity index (χ3v) is 2.72. The number of para-hydroxylation sites is 1. The highest BCUT2D eigenvalue weighted by molar-refractivity contribution is 5.35. The Morgan fingerprint density at radius 2 is 2.00 bits per heavy atom. The van der Waals surface area contributed by atoms with Crippen molar-refractivity contribution < 1.29 is 9.47 Å². The summed E-state index contributed by atoms with van der Waals surface area (Å²) in [5, 5.41) is 0. The van der Waals surface area contributed by atoms with E-state index in [0.717, 1.165) is 25.2 Å². The van der Waals surface area contributed by atoms with Gasteiger partial charge in [-0.3, -0.25) is 0 Å². The normalized spacial score (nSPS) is 30.5. The zero-order valence-electron chi connectivity index (χ0n) is 7.40. The van der Waals surface area contributed by atoms with Gasteiger partial charge in [0.15, 0.2) is 0 Å². The molecule has 2 nitrogen and oxygen atoms in total. The van der Waals surface area contributed by atoms with Crippen molar-refractivity contribution in [2.45, 2.75) is 25.0 Å². The molecule has 2 atom stereocenters. The van der Waals surface area contributed by atoms with Gasteiger partial charge >= 0.3 is 0 Å². The highest BCUT2D eigenvalue weighted by Crippen LogP contribution is 2.31. The summed E-state index contributed by atoms with van der Waals surface area (Å²) in [6.45, 7) is 0.882. The van der Waals surface area contributed by atoms with Crippen LogP contribution in [0.2, 0.25) is 0 Å². The Morgan fingerprint density at radius 1 is 1.15 bits per heavy atom. The standard InChI is InChI=1S/C11H12O2/c1-2-4-9-8(3-1)5-6-10(13-9)11-7-12-11/h1-4,10-11H,5-7H2/t10-,11+/m0/s1. The fourth-order valence-corrected chi connectivity index (χ4v) is 1.88. The highest BCUT2D eigenvalue weighted by Gasteiger charge is 2.36. The quantitative estimate of drug-likeness (QED) is 0.608. The summed E-state index contributed by atoms with van der Waals surface area (Å²) in [5.41, 5.74) is 1.33. The predicted molar refractivity (Wildman–Crippen MR) is 48.9 cm³/mol. The van der Waals surface area contributed by atoms with Crippen LogP contribution in [0.5, 0.6) is 5.75 Å². The van der Waals surface area contributed by atoms with Gasteiger partial charge < -0.3 is 9.47 Å². The fraction of sp³-hybridized carbons (Fsp3) is 0.455. The van der Waals surface area contributed by atoms with E-state index in [1.807, 2.05) is 12.1 Å². The molecule has 1 aromatic carbocycles. The van der Waals surface area contributed by atoms with E-state index >= 15 is 0 Å². The van der Waals surface area contributed by atoms with Gasteiger partial charge in [0.1, 0.15) is 18.0 Å². The Morgan fingerprint density at radius 3 is 2.85 bits per heavy atom. The summed E-state index contributed by atoms with van der Waals surface area (Å²) in [5.74, 6) is 1.05. The number of aryl methyl sites for hydroxylation is 1. The Balaban J connectivity index is 1.85. The average molecular weight is 176 g/mol. The van der Waals surface area contributed by atoms with E-state index in [4.69, 9.17) is 9.47 Å². The molecule has 0 saturated carbocycles. The SMILES string of the molecule is c1ccc2c(c1)CC[C@@H]([C@H]1CO1)O2. The van der Waals surface area contributed by atoms with E-state index in [1.54, 1.807) is 0 Å². The first-order valence-electron chi connectivity index (χ1n) is 4.79. The topological polar surface area (TPSA) is 21.8 Å². The molecule has 68 valence electrons. The summed E-state index contributed by atoms with van der Waals surface area (Å²) in [4.78, 5) is 0. The van der Waals surface area contributed by atoms with Crippen LogP contribution in [0.25, 0.3) is 0 Å². The van der Waals surface area contributed by atoms with Crippen molar-refractivity contribution in [3.8, 4) is 5.75 Å². The van der Waals surface area contributed by atoms with Crippen molar-refractivity contribution in [3.63, 3.8) is 0 Å². The second-order valence-corrected chi connectivity index (χ2v) is 3.67. The first kappa shape index (κ1) is 7.39. The summed E-state index contributed by atoms with van der Waals surface area (Å²) < 4.78 is 11.1. The molecule has 0 aliphatic carbocycles. The molecular weight excluding hydrogens is 164 g/mol. The summed E-state index contributed by atoms with van der Waals surface area (Å²) >= 11 is 0. The van der Waals surface area contributed by atoms with Gasteiger partial charge in [-0.2, -0.15) is 0 Å². The molecule has 0 spiro atoms. The molecule has 1 aromatic rings. The lowest BCUT2D eigenvalue weighted by molar-refractivity contribution is 0.136. The van der Waals surface area contributed by atoms with Crippen LogP contribution < -0.4 is 4.74 Å². The smallest absolute Gasteiger partial charge is 0.127 e. The molecule has 0 aromatic heterocycles. The molecule has 2 aliphatic heterocycles. The van der Waals surface area contributed by atoms with Crippen molar-refractivity contribution in [2.24, 2.45) is 0 Å². The lowest BCUT2D eigenvalue weighted by atomic mass is 10.0. The Kier molecular flexibility index (Phi) is 1.56. The van der Waals surface area contributed by atoms with E-state index in [9.17, 15) is 0 Å². The van der Waals surface area contributed by atoms with Gasteiger partial charge in [0.2, 0.25) is 0 Å². The van der Waals surface area contributed by atoms with Crippen molar-refractivity contribution in [2.75, 3.05) is 6.61 Å². The number of hydrogen-bond acceptors (Lipinski definition) is 2. The van der Waals surface area contributed by atoms with Crippen molar-refractivity contribution >= 4 is 0 Å². The first-order valence-corrected chi connectivity index (χ1v) is 4.79. The van der Waals surface area contributed by atoms with E-state index in [2.05, 4.69) is 12.1 Å². The van der Waals surface area contributed by atoms with Crippen LogP contribution in [0.4, 0.5) is 0 Å². The first-order chi connectivity index (χ1) is 6.43. The lowest BCUT2D eigenvalue weighted by Crippen LogP contribution is -2.27. The second kappa shape index (κ2) is 2.74. The zero-order valence-corrected chi connectivity index (χ0v) is 7.40. The number of rotatable bonds is 1. The van der Waals surface area contributed by atoms with Gasteiger partial charge in [-0.1, -0.05) is 18.2 Å². The molecule has 2 heterocycles. The molecule has 1 saturated heterocycles. The summed E-state index contributed by atoms with van der Waals surface area (Å²) in [7, 11) is 0. The van der Waals surface area contributed by atoms with Crippen LogP contribution in [-0.2, 0) is 11.2 Å². The van der Waals surface area contributed by atoms with E-state index in [1.165, 1.54) is 5.56 Å². The lowest BCUT2D eigenvalue weighted by Gasteiger charge is -2.24. The van der Waals surface area contributed by atoms with Crippen molar-refractivity contribution in [3.05, 3.63) is 29.8 Å².